The van der Waals surface area contributed by atoms with Crippen molar-refractivity contribution >= 4 is 33.4 Å². The molecule has 140 valence electrons. The zero-order valence-corrected chi connectivity index (χ0v) is 16.8. The molecule has 0 bridgehead atoms. The Balaban J connectivity index is 1.95. The van der Waals surface area contributed by atoms with Crippen molar-refractivity contribution in [2.75, 3.05) is 5.32 Å². The number of aryl methyl sites for hydroxylation is 1. The number of carbonyl (C=O) groups excluding carboxylic acids is 1. The Morgan fingerprint density at radius 1 is 1.04 bits per heavy atom. The normalized spacial score (nSPS) is 11.4. The summed E-state index contributed by atoms with van der Waals surface area (Å²) in [5, 5.41) is 6.88. The standard InChI is InChI=1S/C19H19N3O3S2/c1-13-19(26-17-7-5-4-6-8-17)14(2)22(21-13)27(24,25)18-11-9-16(10-12-18)20-15(3)23/h4-12H,1-3H3,(H,20,23). The Bertz CT molecular complexity index is 1070. The quantitative estimate of drug-likeness (QED) is 0.702. The molecule has 0 unspecified atom stereocenters. The molecule has 0 aliphatic carbocycles. The lowest BCUT2D eigenvalue weighted by Crippen LogP contribution is -2.16. The summed E-state index contributed by atoms with van der Waals surface area (Å²) in [6.45, 7) is 4.94. The summed E-state index contributed by atoms with van der Waals surface area (Å²) in [6.07, 6.45) is 0. The molecule has 0 saturated heterocycles. The topological polar surface area (TPSA) is 81.1 Å². The second kappa shape index (κ2) is 7.58. The van der Waals surface area contributed by atoms with Gasteiger partial charge in [0.05, 0.1) is 21.2 Å². The van der Waals surface area contributed by atoms with Crippen LogP contribution in [-0.4, -0.2) is 23.5 Å². The first-order valence-corrected chi connectivity index (χ1v) is 10.5. The van der Waals surface area contributed by atoms with E-state index in [1.807, 2.05) is 30.3 Å². The first-order valence-electron chi connectivity index (χ1n) is 8.21. The van der Waals surface area contributed by atoms with Gasteiger partial charge in [0.2, 0.25) is 5.91 Å². The molecule has 0 spiro atoms. The maximum atomic E-state index is 13.0. The summed E-state index contributed by atoms with van der Waals surface area (Å²) in [5.74, 6) is -0.216. The van der Waals surface area contributed by atoms with E-state index in [2.05, 4.69) is 10.4 Å². The predicted molar refractivity (Wildman–Crippen MR) is 106 cm³/mol. The predicted octanol–water partition coefficient (Wildman–Crippen LogP) is 3.85. The molecule has 6 nitrogen and oxygen atoms in total. The monoisotopic (exact) mass is 401 g/mol. The first kappa shape index (κ1) is 19.2. The van der Waals surface area contributed by atoms with Crippen LogP contribution in [0.3, 0.4) is 0 Å². The molecular formula is C19H19N3O3S2. The van der Waals surface area contributed by atoms with Gasteiger partial charge in [0, 0.05) is 17.5 Å². The van der Waals surface area contributed by atoms with Crippen LogP contribution in [-0.2, 0) is 14.8 Å². The number of hydrogen-bond donors (Lipinski definition) is 1. The van der Waals surface area contributed by atoms with Crippen LogP contribution in [0.2, 0.25) is 0 Å². The van der Waals surface area contributed by atoms with Crippen molar-refractivity contribution in [2.45, 2.75) is 35.5 Å². The second-order valence-corrected chi connectivity index (χ2v) is 8.82. The molecule has 0 aliphatic heterocycles. The Morgan fingerprint density at radius 3 is 2.26 bits per heavy atom. The van der Waals surface area contributed by atoms with Gasteiger partial charge in [-0.3, -0.25) is 4.79 Å². The van der Waals surface area contributed by atoms with Gasteiger partial charge in [0.1, 0.15) is 0 Å². The summed E-state index contributed by atoms with van der Waals surface area (Å²) in [4.78, 5) is 13.0. The lowest BCUT2D eigenvalue weighted by atomic mass is 10.3. The average Bonchev–Trinajstić information content (AvgIpc) is 2.91. The van der Waals surface area contributed by atoms with Gasteiger partial charge < -0.3 is 5.32 Å². The first-order chi connectivity index (χ1) is 12.8. The summed E-state index contributed by atoms with van der Waals surface area (Å²) >= 11 is 1.49. The summed E-state index contributed by atoms with van der Waals surface area (Å²) in [5.41, 5.74) is 1.75. The second-order valence-electron chi connectivity index (χ2n) is 5.97. The molecule has 0 saturated carbocycles. The van der Waals surface area contributed by atoms with E-state index in [0.29, 0.717) is 17.1 Å². The van der Waals surface area contributed by atoms with E-state index >= 15 is 0 Å². The maximum absolute atomic E-state index is 13.0. The van der Waals surface area contributed by atoms with Crippen molar-refractivity contribution < 1.29 is 13.2 Å². The van der Waals surface area contributed by atoms with Crippen LogP contribution in [0, 0.1) is 13.8 Å². The van der Waals surface area contributed by atoms with E-state index in [1.165, 1.54) is 30.8 Å². The fourth-order valence-corrected chi connectivity index (χ4v) is 4.98. The number of amides is 1. The highest BCUT2D eigenvalue weighted by atomic mass is 32.2. The van der Waals surface area contributed by atoms with Crippen LogP contribution >= 0.6 is 11.8 Å². The van der Waals surface area contributed by atoms with Crippen LogP contribution in [0.25, 0.3) is 0 Å². The molecule has 0 radical (unpaired) electrons. The molecule has 0 fully saturated rings. The highest BCUT2D eigenvalue weighted by Gasteiger charge is 2.24. The van der Waals surface area contributed by atoms with Crippen LogP contribution in [0.1, 0.15) is 18.3 Å². The van der Waals surface area contributed by atoms with Gasteiger partial charge >= 0.3 is 0 Å². The molecule has 1 heterocycles. The molecule has 0 atom stereocenters. The molecule has 27 heavy (non-hydrogen) atoms. The summed E-state index contributed by atoms with van der Waals surface area (Å²) in [7, 11) is -3.83. The van der Waals surface area contributed by atoms with E-state index in [0.717, 1.165) is 13.9 Å². The van der Waals surface area contributed by atoms with Crippen molar-refractivity contribution in [3.63, 3.8) is 0 Å². The van der Waals surface area contributed by atoms with E-state index in [-0.39, 0.29) is 10.8 Å². The highest BCUT2D eigenvalue weighted by Crippen LogP contribution is 2.33. The van der Waals surface area contributed by atoms with Crippen molar-refractivity contribution in [2.24, 2.45) is 0 Å². The van der Waals surface area contributed by atoms with E-state index < -0.39 is 10.0 Å². The molecule has 0 aliphatic rings. The Morgan fingerprint density at radius 2 is 1.67 bits per heavy atom. The number of nitrogens with one attached hydrogen (secondary N) is 1. The van der Waals surface area contributed by atoms with Crippen molar-refractivity contribution in [1.82, 2.24) is 9.19 Å². The number of anilines is 1. The summed E-state index contributed by atoms with van der Waals surface area (Å²) in [6, 6.07) is 15.8. The molecule has 8 heteroatoms. The minimum Gasteiger partial charge on any atom is -0.326 e. The molecule has 1 aromatic heterocycles. The lowest BCUT2D eigenvalue weighted by Gasteiger charge is -2.08. The minimum absolute atomic E-state index is 0.110. The Kier molecular flexibility index (Phi) is 5.38. The number of aromatic nitrogens is 2. The van der Waals surface area contributed by atoms with Gasteiger partial charge in [-0.2, -0.15) is 17.6 Å². The minimum atomic E-state index is -3.83. The fraction of sp³-hybridized carbons (Fsp3) is 0.158. The van der Waals surface area contributed by atoms with Crippen LogP contribution in [0.5, 0.6) is 0 Å². The Hall–Kier alpha value is -2.58. The van der Waals surface area contributed by atoms with E-state index in [9.17, 15) is 13.2 Å². The van der Waals surface area contributed by atoms with Gasteiger partial charge in [0.15, 0.2) is 0 Å². The number of benzene rings is 2. The molecule has 3 aromatic rings. The largest absolute Gasteiger partial charge is 0.326 e. The van der Waals surface area contributed by atoms with Gasteiger partial charge in [-0.15, -0.1) is 0 Å². The Labute approximate surface area is 162 Å². The molecule has 1 amide bonds. The number of rotatable bonds is 5. The maximum Gasteiger partial charge on any atom is 0.283 e. The van der Waals surface area contributed by atoms with E-state index in [1.54, 1.807) is 26.0 Å². The number of carbonyl (C=O) groups is 1. The zero-order chi connectivity index (χ0) is 19.6. The molecule has 1 N–H and O–H groups in total. The highest BCUT2D eigenvalue weighted by molar-refractivity contribution is 7.99. The van der Waals surface area contributed by atoms with Crippen LogP contribution < -0.4 is 5.32 Å². The van der Waals surface area contributed by atoms with Gasteiger partial charge in [-0.05, 0) is 50.2 Å². The zero-order valence-electron chi connectivity index (χ0n) is 15.1. The third-order valence-corrected chi connectivity index (χ3v) is 6.83. The van der Waals surface area contributed by atoms with Crippen LogP contribution in [0.15, 0.2) is 69.3 Å². The van der Waals surface area contributed by atoms with Crippen molar-refractivity contribution in [3.8, 4) is 0 Å². The molecule has 3 rings (SSSR count). The third kappa shape index (κ3) is 4.06. The average molecular weight is 402 g/mol. The molecule has 2 aromatic carbocycles. The third-order valence-electron chi connectivity index (χ3n) is 3.85. The lowest BCUT2D eigenvalue weighted by molar-refractivity contribution is -0.114. The fourth-order valence-electron chi connectivity index (χ4n) is 2.61. The number of hydrogen-bond acceptors (Lipinski definition) is 5. The smallest absolute Gasteiger partial charge is 0.283 e. The summed E-state index contributed by atoms with van der Waals surface area (Å²) < 4.78 is 27.1. The van der Waals surface area contributed by atoms with Crippen LogP contribution in [0.4, 0.5) is 5.69 Å². The van der Waals surface area contributed by atoms with Gasteiger partial charge in [0.25, 0.3) is 10.0 Å². The molecular weight excluding hydrogens is 382 g/mol. The SMILES string of the molecule is CC(=O)Nc1ccc(S(=O)(=O)n2nc(C)c(Sc3ccccc3)c2C)cc1. The number of nitrogens with zero attached hydrogens (tertiary/aromatic N) is 2. The van der Waals surface area contributed by atoms with E-state index in [4.69, 9.17) is 0 Å². The van der Waals surface area contributed by atoms with Gasteiger partial charge in [-0.1, -0.05) is 30.0 Å². The van der Waals surface area contributed by atoms with Crippen molar-refractivity contribution in [1.29, 1.82) is 0 Å². The van der Waals surface area contributed by atoms with Crippen molar-refractivity contribution in [3.05, 3.63) is 66.0 Å². The van der Waals surface area contributed by atoms with Gasteiger partial charge in [-0.25, -0.2) is 0 Å².